The Hall–Kier alpha value is -1.67. The third-order valence-electron chi connectivity index (χ3n) is 3.00. The molecule has 0 spiro atoms. The highest BCUT2D eigenvalue weighted by Gasteiger charge is 2.30. The first-order chi connectivity index (χ1) is 8.97. The summed E-state index contributed by atoms with van der Waals surface area (Å²) in [6.45, 7) is 2.31. The molecular weight excluding hydrogens is 270 g/mol. The minimum Gasteiger partial charge on any atom is -0.258 e. The molecule has 0 aliphatic carbocycles. The Balaban J connectivity index is 2.52. The summed E-state index contributed by atoms with van der Waals surface area (Å²) in [4.78, 5) is 10.5. The van der Waals surface area contributed by atoms with Crippen LogP contribution in [0.2, 0.25) is 0 Å². The van der Waals surface area contributed by atoms with Crippen molar-refractivity contribution >= 4 is 21.6 Å². The molecule has 0 unspecified atom stereocenters. The maximum Gasteiger partial charge on any atom is 0.301 e. The van der Waals surface area contributed by atoms with E-state index in [-0.39, 0.29) is 12.2 Å². The number of fused-ring (bicyclic) bond motifs is 1. The smallest absolute Gasteiger partial charge is 0.258 e. The third-order valence-corrected chi connectivity index (χ3v) is 4.61. The number of hydrogen-bond acceptors (Lipinski definition) is 4. The number of anilines is 1. The maximum absolute atomic E-state index is 12.1. The van der Waals surface area contributed by atoms with Crippen LogP contribution in [0.1, 0.15) is 18.9 Å². The van der Waals surface area contributed by atoms with E-state index in [1.54, 1.807) is 13.0 Å². The Kier molecular flexibility index (Phi) is 3.72. The fraction of sp³-hybridized carbons (Fsp3) is 0.455. The Morgan fingerprint density at radius 3 is 2.84 bits per heavy atom. The van der Waals surface area contributed by atoms with Gasteiger partial charge in [-0.1, -0.05) is 13.0 Å². The second-order valence-corrected chi connectivity index (χ2v) is 5.89. The highest BCUT2D eigenvalue weighted by molar-refractivity contribution is 7.90. The summed E-state index contributed by atoms with van der Waals surface area (Å²) in [5, 5.41) is 11.0. The van der Waals surface area contributed by atoms with Gasteiger partial charge in [0.1, 0.15) is 0 Å². The van der Waals surface area contributed by atoms with Crippen LogP contribution >= 0.6 is 0 Å². The van der Waals surface area contributed by atoms with Gasteiger partial charge >= 0.3 is 10.2 Å². The number of rotatable bonds is 4. The van der Waals surface area contributed by atoms with Crippen molar-refractivity contribution in [2.45, 2.75) is 19.8 Å². The first kappa shape index (κ1) is 13.8. The average molecular weight is 285 g/mol. The largest absolute Gasteiger partial charge is 0.301 e. The number of nitrogens with zero attached hydrogens (tertiary/aromatic N) is 2. The minimum absolute atomic E-state index is 0.0195. The normalized spacial score (nSPS) is 15.1. The van der Waals surface area contributed by atoms with Crippen LogP contribution in [0.25, 0.3) is 0 Å². The molecule has 1 aromatic carbocycles. The van der Waals surface area contributed by atoms with Crippen molar-refractivity contribution in [3.63, 3.8) is 0 Å². The van der Waals surface area contributed by atoms with Gasteiger partial charge in [-0.05, 0) is 18.9 Å². The van der Waals surface area contributed by atoms with Gasteiger partial charge < -0.3 is 0 Å². The van der Waals surface area contributed by atoms with Gasteiger partial charge in [0.05, 0.1) is 16.2 Å². The van der Waals surface area contributed by atoms with Crippen molar-refractivity contribution in [3.05, 3.63) is 33.9 Å². The fourth-order valence-corrected chi connectivity index (χ4v) is 3.57. The lowest BCUT2D eigenvalue weighted by Gasteiger charge is -2.29. The van der Waals surface area contributed by atoms with Crippen LogP contribution < -0.4 is 9.03 Å². The summed E-state index contributed by atoms with van der Waals surface area (Å²) >= 11 is 0. The molecular formula is C11H15N3O4S. The van der Waals surface area contributed by atoms with Gasteiger partial charge in [-0.15, -0.1) is 0 Å². The van der Waals surface area contributed by atoms with Gasteiger partial charge in [-0.2, -0.15) is 13.1 Å². The zero-order valence-corrected chi connectivity index (χ0v) is 11.3. The van der Waals surface area contributed by atoms with E-state index in [9.17, 15) is 18.5 Å². The molecule has 2 rings (SSSR count). The summed E-state index contributed by atoms with van der Waals surface area (Å²) in [5.41, 5.74) is 0.871. The van der Waals surface area contributed by atoms with Crippen molar-refractivity contribution in [1.29, 1.82) is 0 Å². The van der Waals surface area contributed by atoms with E-state index in [0.717, 1.165) is 0 Å². The minimum atomic E-state index is -3.63. The van der Waals surface area contributed by atoms with Crippen molar-refractivity contribution in [3.8, 4) is 0 Å². The molecule has 8 heteroatoms. The molecule has 0 saturated heterocycles. The molecule has 19 heavy (non-hydrogen) atoms. The van der Waals surface area contributed by atoms with Crippen molar-refractivity contribution < 1.29 is 13.3 Å². The predicted octanol–water partition coefficient (Wildman–Crippen LogP) is 1.20. The number of nitrogens with one attached hydrogen (secondary N) is 1. The summed E-state index contributed by atoms with van der Waals surface area (Å²) in [6.07, 6.45) is 1.09. The quantitative estimate of drug-likeness (QED) is 0.664. The molecule has 0 atom stereocenters. The van der Waals surface area contributed by atoms with Crippen molar-refractivity contribution in [2.24, 2.45) is 0 Å². The van der Waals surface area contributed by atoms with E-state index in [2.05, 4.69) is 4.72 Å². The molecule has 1 N–H and O–H groups in total. The number of nitro groups is 1. The van der Waals surface area contributed by atoms with E-state index in [0.29, 0.717) is 30.6 Å². The standard InChI is InChI=1S/C11H15N3O4S/c1-2-12-19(17,18)13-8-4-5-9-10(13)6-3-7-11(9)14(15)16/h3,6-7,12H,2,4-5,8H2,1H3. The first-order valence-electron chi connectivity index (χ1n) is 6.01. The number of nitro benzene ring substituents is 1. The third kappa shape index (κ3) is 2.54. The van der Waals surface area contributed by atoms with Crippen molar-refractivity contribution in [1.82, 2.24) is 4.72 Å². The zero-order valence-electron chi connectivity index (χ0n) is 10.5. The lowest BCUT2D eigenvalue weighted by atomic mass is 10.0. The fourth-order valence-electron chi connectivity index (χ4n) is 2.25. The SMILES string of the molecule is CCNS(=O)(=O)N1CCCc2c1cccc2[N+](=O)[O-]. The molecule has 0 amide bonds. The molecule has 0 fully saturated rings. The molecule has 0 saturated carbocycles. The van der Waals surface area contributed by atoms with Crippen LogP contribution in [0.15, 0.2) is 18.2 Å². The molecule has 0 aromatic heterocycles. The molecule has 0 radical (unpaired) electrons. The Morgan fingerprint density at radius 1 is 1.47 bits per heavy atom. The highest BCUT2D eigenvalue weighted by atomic mass is 32.2. The van der Waals surface area contributed by atoms with Gasteiger partial charge in [-0.25, -0.2) is 0 Å². The molecule has 1 aromatic rings. The van der Waals surface area contributed by atoms with E-state index >= 15 is 0 Å². The molecule has 1 aliphatic heterocycles. The van der Waals surface area contributed by atoms with Crippen LogP contribution in [-0.2, 0) is 16.6 Å². The Bertz CT molecular complexity index is 600. The monoisotopic (exact) mass is 285 g/mol. The van der Waals surface area contributed by atoms with Gasteiger partial charge in [0.25, 0.3) is 5.69 Å². The first-order valence-corrected chi connectivity index (χ1v) is 7.45. The summed E-state index contributed by atoms with van der Waals surface area (Å²) in [7, 11) is -3.63. The second kappa shape index (κ2) is 5.14. The molecule has 7 nitrogen and oxygen atoms in total. The molecule has 1 aliphatic rings. The average Bonchev–Trinajstić information content (AvgIpc) is 2.37. The van der Waals surface area contributed by atoms with Crippen molar-refractivity contribution in [2.75, 3.05) is 17.4 Å². The molecule has 104 valence electrons. The molecule has 1 heterocycles. The van der Waals surface area contributed by atoms with Crippen LogP contribution in [0.4, 0.5) is 11.4 Å². The molecule has 0 bridgehead atoms. The number of benzene rings is 1. The summed E-state index contributed by atoms with van der Waals surface area (Å²) < 4.78 is 27.8. The summed E-state index contributed by atoms with van der Waals surface area (Å²) in [6, 6.07) is 4.52. The van der Waals surface area contributed by atoms with Gasteiger partial charge in [0.15, 0.2) is 0 Å². The lowest BCUT2D eigenvalue weighted by Crippen LogP contribution is -2.43. The lowest BCUT2D eigenvalue weighted by molar-refractivity contribution is -0.385. The highest BCUT2D eigenvalue weighted by Crippen LogP contribution is 2.34. The maximum atomic E-state index is 12.1. The predicted molar refractivity (Wildman–Crippen MR) is 71.4 cm³/mol. The van der Waals surface area contributed by atoms with Gasteiger partial charge in [0.2, 0.25) is 0 Å². The number of hydrogen-bond donors (Lipinski definition) is 1. The van der Waals surface area contributed by atoms with Crippen LogP contribution in [0, 0.1) is 10.1 Å². The van der Waals surface area contributed by atoms with E-state index in [4.69, 9.17) is 0 Å². The van der Waals surface area contributed by atoms with E-state index in [1.165, 1.54) is 16.4 Å². The van der Waals surface area contributed by atoms with E-state index < -0.39 is 15.1 Å². The van der Waals surface area contributed by atoms with Gasteiger partial charge in [-0.3, -0.25) is 14.4 Å². The summed E-state index contributed by atoms with van der Waals surface area (Å²) in [5.74, 6) is 0. The second-order valence-electron chi connectivity index (χ2n) is 4.21. The van der Waals surface area contributed by atoms with Crippen LogP contribution in [0.3, 0.4) is 0 Å². The van der Waals surface area contributed by atoms with Crippen LogP contribution in [-0.4, -0.2) is 26.4 Å². The van der Waals surface area contributed by atoms with Crippen LogP contribution in [0.5, 0.6) is 0 Å². The zero-order chi connectivity index (χ0) is 14.0. The topological polar surface area (TPSA) is 92.6 Å². The Morgan fingerprint density at radius 2 is 2.21 bits per heavy atom. The van der Waals surface area contributed by atoms with Gasteiger partial charge in [0, 0.05) is 19.2 Å². The van der Waals surface area contributed by atoms with E-state index in [1.807, 2.05) is 0 Å². The Labute approximate surface area is 111 Å².